The van der Waals surface area contributed by atoms with Crippen molar-refractivity contribution >= 4 is 29.1 Å². The lowest BCUT2D eigenvalue weighted by atomic mass is 9.97. The topological polar surface area (TPSA) is 99.6 Å². The summed E-state index contributed by atoms with van der Waals surface area (Å²) in [7, 11) is 0. The van der Waals surface area contributed by atoms with E-state index in [1.165, 1.54) is 16.7 Å². The lowest BCUT2D eigenvalue weighted by Gasteiger charge is -2.34. The first-order valence-electron chi connectivity index (χ1n) is 8.25. The molecule has 1 saturated heterocycles. The van der Waals surface area contributed by atoms with E-state index < -0.39 is 11.5 Å². The largest absolute Gasteiger partial charge is 0.476 e. The molecular formula is C18H19N3O4S. The van der Waals surface area contributed by atoms with E-state index in [4.69, 9.17) is 5.11 Å². The highest BCUT2D eigenvalue weighted by molar-refractivity contribution is 7.09. The normalized spacial score (nSPS) is 19.3. The maximum absolute atomic E-state index is 12.8. The fourth-order valence-corrected chi connectivity index (χ4v) is 3.81. The average Bonchev–Trinajstić information content (AvgIpc) is 3.27. The predicted molar refractivity (Wildman–Crippen MR) is 96.0 cm³/mol. The second kappa shape index (κ2) is 7.25. The number of thiazole rings is 1. The van der Waals surface area contributed by atoms with Crippen molar-refractivity contribution in [3.8, 4) is 0 Å². The summed E-state index contributed by atoms with van der Waals surface area (Å²) >= 11 is 1.18. The number of carbonyl (C=O) groups excluding carboxylic acids is 2. The Morgan fingerprint density at radius 2 is 2.04 bits per heavy atom. The molecule has 0 bridgehead atoms. The molecule has 136 valence electrons. The number of amides is 2. The Kier molecular flexibility index (Phi) is 5.03. The molecule has 26 heavy (non-hydrogen) atoms. The Labute approximate surface area is 154 Å². The van der Waals surface area contributed by atoms with Gasteiger partial charge in [0, 0.05) is 17.5 Å². The van der Waals surface area contributed by atoms with E-state index in [-0.39, 0.29) is 24.1 Å². The van der Waals surface area contributed by atoms with E-state index in [0.29, 0.717) is 23.5 Å². The summed E-state index contributed by atoms with van der Waals surface area (Å²) in [6.45, 7) is 2.43. The van der Waals surface area contributed by atoms with Crippen LogP contribution in [0.15, 0.2) is 35.7 Å². The number of carboxylic acid groups (broad SMARTS) is 1. The highest BCUT2D eigenvalue weighted by Crippen LogP contribution is 2.31. The van der Waals surface area contributed by atoms with E-state index in [0.717, 1.165) is 6.42 Å². The first kappa shape index (κ1) is 18.1. The summed E-state index contributed by atoms with van der Waals surface area (Å²) < 4.78 is 0. The molecule has 2 N–H and O–H groups in total. The fourth-order valence-electron chi connectivity index (χ4n) is 3.10. The zero-order valence-electron chi connectivity index (χ0n) is 14.3. The van der Waals surface area contributed by atoms with Crippen LogP contribution >= 0.6 is 11.3 Å². The Bertz CT molecular complexity index is 836. The van der Waals surface area contributed by atoms with Gasteiger partial charge in [-0.25, -0.2) is 9.78 Å². The third-order valence-electron chi connectivity index (χ3n) is 4.57. The van der Waals surface area contributed by atoms with E-state index in [2.05, 4.69) is 10.3 Å². The summed E-state index contributed by atoms with van der Waals surface area (Å²) in [5, 5.41) is 13.6. The van der Waals surface area contributed by atoms with Crippen LogP contribution in [0.2, 0.25) is 0 Å². The van der Waals surface area contributed by atoms with Crippen LogP contribution in [-0.4, -0.2) is 44.9 Å². The maximum atomic E-state index is 12.8. The van der Waals surface area contributed by atoms with Gasteiger partial charge in [0.1, 0.15) is 10.5 Å². The number of likely N-dealkylation sites (tertiary alicyclic amines) is 1. The smallest absolute Gasteiger partial charge is 0.355 e. The summed E-state index contributed by atoms with van der Waals surface area (Å²) in [6.07, 6.45) is 1.33. The second-order valence-corrected chi connectivity index (χ2v) is 7.26. The van der Waals surface area contributed by atoms with Gasteiger partial charge in [0.15, 0.2) is 5.69 Å². The molecule has 1 fully saturated rings. The Morgan fingerprint density at radius 3 is 2.69 bits per heavy atom. The number of benzene rings is 1. The molecule has 0 saturated carbocycles. The van der Waals surface area contributed by atoms with Crippen molar-refractivity contribution in [3.63, 3.8) is 0 Å². The molecule has 1 atom stereocenters. The van der Waals surface area contributed by atoms with Gasteiger partial charge < -0.3 is 15.3 Å². The van der Waals surface area contributed by atoms with Gasteiger partial charge in [-0.1, -0.05) is 18.2 Å². The molecule has 1 aromatic heterocycles. The summed E-state index contributed by atoms with van der Waals surface area (Å²) in [4.78, 5) is 42.0. The number of rotatable bonds is 5. The van der Waals surface area contributed by atoms with Gasteiger partial charge in [-0.15, -0.1) is 11.3 Å². The van der Waals surface area contributed by atoms with Crippen LogP contribution in [0.5, 0.6) is 0 Å². The van der Waals surface area contributed by atoms with E-state index in [1.54, 1.807) is 36.1 Å². The van der Waals surface area contributed by atoms with Crippen molar-refractivity contribution in [2.75, 3.05) is 6.54 Å². The molecule has 2 heterocycles. The zero-order valence-corrected chi connectivity index (χ0v) is 15.1. The number of nitrogens with zero attached hydrogens (tertiary/aromatic N) is 2. The van der Waals surface area contributed by atoms with Gasteiger partial charge in [0.05, 0.1) is 6.54 Å². The molecule has 1 aromatic carbocycles. The lowest BCUT2D eigenvalue weighted by molar-refractivity contribution is -0.130. The number of aromatic carboxylic acids is 1. The van der Waals surface area contributed by atoms with Gasteiger partial charge in [-0.05, 0) is 31.9 Å². The molecule has 0 radical (unpaired) electrons. The highest BCUT2D eigenvalue weighted by atomic mass is 32.1. The van der Waals surface area contributed by atoms with Gasteiger partial charge in [-0.3, -0.25) is 9.59 Å². The SMILES string of the molecule is CC1(C(=O)NCc2nc(C(=O)O)cs2)CCCN1C(=O)c1ccccc1. The molecule has 2 amide bonds. The zero-order chi connectivity index (χ0) is 18.7. The summed E-state index contributed by atoms with van der Waals surface area (Å²) in [5.74, 6) is -1.52. The third kappa shape index (κ3) is 3.45. The first-order chi connectivity index (χ1) is 12.4. The van der Waals surface area contributed by atoms with Gasteiger partial charge in [-0.2, -0.15) is 0 Å². The maximum Gasteiger partial charge on any atom is 0.355 e. The van der Waals surface area contributed by atoms with Gasteiger partial charge in [0.2, 0.25) is 5.91 Å². The number of hydrogen-bond donors (Lipinski definition) is 2. The van der Waals surface area contributed by atoms with Crippen LogP contribution in [0.4, 0.5) is 0 Å². The minimum atomic E-state index is -1.10. The second-order valence-electron chi connectivity index (χ2n) is 6.31. The molecule has 0 aliphatic carbocycles. The van der Waals surface area contributed by atoms with Crippen LogP contribution in [0.25, 0.3) is 0 Å². The van der Waals surface area contributed by atoms with Crippen LogP contribution < -0.4 is 5.32 Å². The molecule has 1 unspecified atom stereocenters. The molecule has 3 rings (SSSR count). The Balaban J connectivity index is 1.70. The van der Waals surface area contributed by atoms with Crippen molar-refractivity contribution in [1.29, 1.82) is 0 Å². The van der Waals surface area contributed by atoms with Crippen molar-refractivity contribution in [2.24, 2.45) is 0 Å². The van der Waals surface area contributed by atoms with Crippen LogP contribution in [0, 0.1) is 0 Å². The quantitative estimate of drug-likeness (QED) is 0.837. The van der Waals surface area contributed by atoms with Gasteiger partial charge in [0.25, 0.3) is 5.91 Å². The lowest BCUT2D eigenvalue weighted by Crippen LogP contribution is -2.55. The fraction of sp³-hybridized carbons (Fsp3) is 0.333. The van der Waals surface area contributed by atoms with Crippen molar-refractivity contribution in [3.05, 3.63) is 52.0 Å². The van der Waals surface area contributed by atoms with E-state index >= 15 is 0 Å². The predicted octanol–water partition coefficient (Wildman–Crippen LogP) is 2.15. The van der Waals surface area contributed by atoms with Crippen LogP contribution in [-0.2, 0) is 11.3 Å². The monoisotopic (exact) mass is 373 g/mol. The summed E-state index contributed by atoms with van der Waals surface area (Å²) in [5.41, 5.74) is -0.411. The molecule has 8 heteroatoms. The minimum absolute atomic E-state index is 0.0350. The van der Waals surface area contributed by atoms with Crippen LogP contribution in [0.1, 0.15) is 45.6 Å². The van der Waals surface area contributed by atoms with Crippen molar-refractivity contribution in [2.45, 2.75) is 31.8 Å². The molecule has 2 aromatic rings. The molecule has 0 spiro atoms. The van der Waals surface area contributed by atoms with Gasteiger partial charge >= 0.3 is 5.97 Å². The van der Waals surface area contributed by atoms with E-state index in [9.17, 15) is 14.4 Å². The number of hydrogen-bond acceptors (Lipinski definition) is 5. The third-order valence-corrected chi connectivity index (χ3v) is 5.42. The number of nitrogens with one attached hydrogen (secondary N) is 1. The number of carbonyl (C=O) groups is 3. The molecule has 1 aliphatic rings. The van der Waals surface area contributed by atoms with E-state index in [1.807, 2.05) is 6.07 Å². The Hall–Kier alpha value is -2.74. The first-order valence-corrected chi connectivity index (χ1v) is 9.13. The minimum Gasteiger partial charge on any atom is -0.476 e. The van der Waals surface area contributed by atoms with Crippen molar-refractivity contribution < 1.29 is 19.5 Å². The van der Waals surface area contributed by atoms with Crippen LogP contribution in [0.3, 0.4) is 0 Å². The molecule has 1 aliphatic heterocycles. The highest BCUT2D eigenvalue weighted by Gasteiger charge is 2.45. The molecule has 7 nitrogen and oxygen atoms in total. The van der Waals surface area contributed by atoms with Crippen molar-refractivity contribution in [1.82, 2.24) is 15.2 Å². The molecular weight excluding hydrogens is 354 g/mol. The summed E-state index contributed by atoms with van der Waals surface area (Å²) in [6, 6.07) is 8.91. The Morgan fingerprint density at radius 1 is 1.31 bits per heavy atom. The standard InChI is InChI=1S/C18H19N3O4S/c1-18(17(25)19-10-14-20-13(11-26-14)16(23)24)8-5-9-21(18)15(22)12-6-3-2-4-7-12/h2-4,6-7,11H,5,8-10H2,1H3,(H,19,25)(H,23,24). The number of carboxylic acids is 1. The average molecular weight is 373 g/mol. The number of aromatic nitrogens is 1.